The number of Topliss-reactive ketones (excluding diaryl/α,β-unsaturated/α-hetero) is 1. The van der Waals surface area contributed by atoms with Crippen LogP contribution in [-0.4, -0.2) is 26.7 Å². The Kier molecular flexibility index (Phi) is 4.98. The van der Waals surface area contributed by atoms with Gasteiger partial charge in [-0.25, -0.2) is 0 Å². The highest BCUT2D eigenvalue weighted by molar-refractivity contribution is 6.51. The largest absolute Gasteiger partial charge is 0.507 e. The second-order valence-electron chi connectivity index (χ2n) is 8.10. The van der Waals surface area contributed by atoms with E-state index in [4.69, 9.17) is 0 Å². The molecule has 34 heavy (non-hydrogen) atoms. The van der Waals surface area contributed by atoms with Crippen molar-refractivity contribution in [3.63, 3.8) is 0 Å². The minimum absolute atomic E-state index is 0.0786. The molecule has 1 fully saturated rings. The highest BCUT2D eigenvalue weighted by Crippen LogP contribution is 2.44. The summed E-state index contributed by atoms with van der Waals surface area (Å²) in [5, 5.41) is 23.0. The summed E-state index contributed by atoms with van der Waals surface area (Å²) in [6, 6.07) is 19.0. The molecule has 168 valence electrons. The van der Waals surface area contributed by atoms with Gasteiger partial charge < -0.3 is 10.1 Å². The number of amides is 1. The summed E-state index contributed by atoms with van der Waals surface area (Å²) in [6.45, 7) is 1.89. The average Bonchev–Trinajstić information content (AvgIpc) is 3.37. The number of fused-ring (bicyclic) bond motifs is 1. The van der Waals surface area contributed by atoms with Crippen LogP contribution in [0.15, 0.2) is 84.6 Å². The molecule has 1 amide bonds. The molecule has 1 aliphatic rings. The lowest BCUT2D eigenvalue weighted by molar-refractivity contribution is -0.384. The molecule has 2 heterocycles. The van der Waals surface area contributed by atoms with Gasteiger partial charge in [0.1, 0.15) is 5.76 Å². The Labute approximate surface area is 193 Å². The number of aromatic nitrogens is 1. The molecule has 5 rings (SSSR count). The van der Waals surface area contributed by atoms with Crippen molar-refractivity contribution in [2.75, 3.05) is 4.90 Å². The van der Waals surface area contributed by atoms with E-state index in [1.165, 1.54) is 29.2 Å². The van der Waals surface area contributed by atoms with Crippen LogP contribution in [0.2, 0.25) is 0 Å². The number of carbonyl (C=O) groups excluding carboxylic acids is 2. The molecule has 8 nitrogen and oxygen atoms in total. The van der Waals surface area contributed by atoms with Gasteiger partial charge in [0.25, 0.3) is 17.4 Å². The summed E-state index contributed by atoms with van der Waals surface area (Å²) in [7, 11) is 0. The number of hydrogen-bond acceptors (Lipinski definition) is 5. The fraction of sp³-hybridized carbons (Fsp3) is 0.0769. The first-order valence-electron chi connectivity index (χ1n) is 10.6. The molecule has 2 N–H and O–H groups in total. The number of ketones is 1. The number of hydrogen-bond donors (Lipinski definition) is 2. The third-order valence-electron chi connectivity index (χ3n) is 5.99. The minimum atomic E-state index is -0.895. The van der Waals surface area contributed by atoms with Crippen molar-refractivity contribution in [3.05, 3.63) is 111 Å². The molecule has 1 aliphatic heterocycles. The molecule has 8 heteroatoms. The van der Waals surface area contributed by atoms with Crippen LogP contribution in [0.5, 0.6) is 0 Å². The zero-order chi connectivity index (χ0) is 24.0. The number of nitrogens with one attached hydrogen (secondary N) is 1. The molecule has 1 unspecified atom stereocenters. The maximum atomic E-state index is 13.3. The van der Waals surface area contributed by atoms with Crippen LogP contribution in [-0.2, 0) is 9.59 Å². The molecule has 1 saturated heterocycles. The van der Waals surface area contributed by atoms with E-state index in [2.05, 4.69) is 4.98 Å². The van der Waals surface area contributed by atoms with Gasteiger partial charge in [0.15, 0.2) is 0 Å². The molecular weight excluding hydrogens is 434 g/mol. The predicted molar refractivity (Wildman–Crippen MR) is 127 cm³/mol. The van der Waals surface area contributed by atoms with Crippen molar-refractivity contribution >= 4 is 39.7 Å². The second-order valence-corrected chi connectivity index (χ2v) is 8.10. The number of para-hydroxylation sites is 1. The molecule has 3 aromatic carbocycles. The van der Waals surface area contributed by atoms with Gasteiger partial charge in [-0.1, -0.05) is 30.3 Å². The lowest BCUT2D eigenvalue weighted by Crippen LogP contribution is -2.29. The fourth-order valence-corrected chi connectivity index (χ4v) is 4.39. The van der Waals surface area contributed by atoms with Crippen LogP contribution in [0.25, 0.3) is 16.7 Å². The average molecular weight is 453 g/mol. The van der Waals surface area contributed by atoms with E-state index in [0.717, 1.165) is 16.5 Å². The number of carbonyl (C=O) groups is 2. The minimum Gasteiger partial charge on any atom is -0.507 e. The molecule has 0 aliphatic carbocycles. The van der Waals surface area contributed by atoms with Crippen molar-refractivity contribution in [1.29, 1.82) is 0 Å². The molecule has 0 bridgehead atoms. The number of rotatable bonds is 4. The Bertz CT molecular complexity index is 1500. The Morgan fingerprint density at radius 1 is 1.03 bits per heavy atom. The number of anilines is 1. The van der Waals surface area contributed by atoms with Crippen LogP contribution < -0.4 is 4.90 Å². The fourth-order valence-electron chi connectivity index (χ4n) is 4.39. The van der Waals surface area contributed by atoms with Crippen LogP contribution in [0.4, 0.5) is 11.4 Å². The normalized spacial score (nSPS) is 17.4. The molecule has 0 spiro atoms. The maximum Gasteiger partial charge on any atom is 0.300 e. The Hall–Kier alpha value is -4.72. The van der Waals surface area contributed by atoms with E-state index in [1.807, 2.05) is 37.3 Å². The summed E-state index contributed by atoms with van der Waals surface area (Å²) < 4.78 is 0. The van der Waals surface area contributed by atoms with Crippen LogP contribution in [0.1, 0.15) is 22.7 Å². The molecule has 1 aromatic heterocycles. The summed E-state index contributed by atoms with van der Waals surface area (Å²) in [5.74, 6) is -1.98. The number of benzene rings is 3. The Balaban J connectivity index is 1.75. The molecule has 0 radical (unpaired) electrons. The van der Waals surface area contributed by atoms with E-state index in [9.17, 15) is 24.8 Å². The number of aryl methyl sites for hydroxylation is 1. The topological polar surface area (TPSA) is 117 Å². The number of non-ortho nitro benzene ring substituents is 1. The summed E-state index contributed by atoms with van der Waals surface area (Å²) >= 11 is 0. The second kappa shape index (κ2) is 8.00. The summed E-state index contributed by atoms with van der Waals surface area (Å²) in [6.07, 6.45) is 1.73. The monoisotopic (exact) mass is 453 g/mol. The first-order valence-corrected chi connectivity index (χ1v) is 10.6. The number of nitro groups is 1. The lowest BCUT2D eigenvalue weighted by atomic mass is 9.94. The highest BCUT2D eigenvalue weighted by Gasteiger charge is 2.47. The zero-order valence-corrected chi connectivity index (χ0v) is 18.1. The van der Waals surface area contributed by atoms with Gasteiger partial charge in [-0.3, -0.25) is 24.6 Å². The number of aliphatic hydroxyl groups excluding tert-OH is 1. The standard InChI is InChI=1S/C26H19N3O5/c1-15-5-4-6-18(13-15)28-23(20-14-27-21-8-3-2-7-19(20)21)22(25(31)26(28)32)24(30)16-9-11-17(12-10-16)29(33)34/h2-14,23,27,30H,1H3/b24-22+. The molecule has 4 aromatic rings. The van der Waals surface area contributed by atoms with E-state index < -0.39 is 28.4 Å². The number of nitro benzene ring substituents is 1. The van der Waals surface area contributed by atoms with E-state index in [1.54, 1.807) is 24.4 Å². The lowest BCUT2D eigenvalue weighted by Gasteiger charge is -2.25. The first kappa shape index (κ1) is 21.1. The number of aliphatic hydroxyl groups is 1. The Morgan fingerprint density at radius 3 is 2.47 bits per heavy atom. The van der Waals surface area contributed by atoms with Gasteiger partial charge in [-0.05, 0) is 42.8 Å². The van der Waals surface area contributed by atoms with Gasteiger partial charge in [0, 0.05) is 46.0 Å². The third-order valence-corrected chi connectivity index (χ3v) is 5.99. The van der Waals surface area contributed by atoms with Crippen LogP contribution in [0.3, 0.4) is 0 Å². The first-order chi connectivity index (χ1) is 16.4. The van der Waals surface area contributed by atoms with Gasteiger partial charge in [-0.15, -0.1) is 0 Å². The van der Waals surface area contributed by atoms with Crippen molar-refractivity contribution in [3.8, 4) is 0 Å². The van der Waals surface area contributed by atoms with E-state index in [-0.39, 0.29) is 16.8 Å². The maximum absolute atomic E-state index is 13.3. The van der Waals surface area contributed by atoms with Gasteiger partial charge >= 0.3 is 0 Å². The predicted octanol–water partition coefficient (Wildman–Crippen LogP) is 5.01. The smallest absolute Gasteiger partial charge is 0.300 e. The van der Waals surface area contributed by atoms with Gasteiger partial charge in [0.2, 0.25) is 0 Å². The number of aromatic amines is 1. The highest BCUT2D eigenvalue weighted by atomic mass is 16.6. The van der Waals surface area contributed by atoms with E-state index >= 15 is 0 Å². The van der Waals surface area contributed by atoms with Crippen molar-refractivity contribution in [2.24, 2.45) is 0 Å². The quantitative estimate of drug-likeness (QED) is 0.148. The van der Waals surface area contributed by atoms with Gasteiger partial charge in [-0.2, -0.15) is 0 Å². The molecular formula is C26H19N3O5. The summed E-state index contributed by atoms with van der Waals surface area (Å²) in [4.78, 5) is 41.6. The number of nitrogens with zero attached hydrogens (tertiary/aromatic N) is 2. The molecule has 0 saturated carbocycles. The summed E-state index contributed by atoms with van der Waals surface area (Å²) in [5.41, 5.74) is 2.89. The van der Waals surface area contributed by atoms with Crippen molar-refractivity contribution < 1.29 is 19.6 Å². The zero-order valence-electron chi connectivity index (χ0n) is 18.1. The van der Waals surface area contributed by atoms with Crippen molar-refractivity contribution in [2.45, 2.75) is 13.0 Å². The van der Waals surface area contributed by atoms with E-state index in [0.29, 0.717) is 11.3 Å². The van der Waals surface area contributed by atoms with Crippen LogP contribution in [0, 0.1) is 17.0 Å². The third kappa shape index (κ3) is 3.32. The Morgan fingerprint density at radius 2 is 1.76 bits per heavy atom. The SMILES string of the molecule is Cc1cccc(N2C(=O)C(=O)/C(=C(/O)c3ccc([N+](=O)[O-])cc3)C2c2c[nH]c3ccccc23)c1. The van der Waals surface area contributed by atoms with Crippen LogP contribution >= 0.6 is 0 Å². The molecule has 1 atom stereocenters. The van der Waals surface area contributed by atoms with Crippen molar-refractivity contribution in [1.82, 2.24) is 4.98 Å². The van der Waals surface area contributed by atoms with Gasteiger partial charge in [0.05, 0.1) is 16.5 Å². The number of H-pyrrole nitrogens is 1.